The first-order chi connectivity index (χ1) is 8.35. The molecule has 1 N–H and O–H groups in total. The number of halogens is 5. The third-order valence-corrected chi connectivity index (χ3v) is 2.42. The fourth-order valence-electron chi connectivity index (χ4n) is 1.38. The number of hydrogen-bond donors (Lipinski definition) is 1. The molecule has 2 rings (SSSR count). The van der Waals surface area contributed by atoms with Gasteiger partial charge >= 0.3 is 6.36 Å². The van der Waals surface area contributed by atoms with Gasteiger partial charge in [-0.2, -0.15) is 5.10 Å². The first kappa shape index (κ1) is 13.0. The molecule has 2 aromatic rings. The summed E-state index contributed by atoms with van der Waals surface area (Å²) in [5.41, 5.74) is 0.404. The summed E-state index contributed by atoms with van der Waals surface area (Å²) in [7, 11) is 0. The summed E-state index contributed by atoms with van der Waals surface area (Å²) in [6.07, 6.45) is -3.86. The Morgan fingerprint density at radius 3 is 2.28 bits per heavy atom. The lowest BCUT2D eigenvalue weighted by atomic mass is 10.1. The summed E-state index contributed by atoms with van der Waals surface area (Å²) in [6.45, 7) is 0. The Hall–Kier alpha value is -1.40. The zero-order chi connectivity index (χ0) is 13.3. The zero-order valence-corrected chi connectivity index (χ0v) is 10.1. The molecule has 0 unspecified atom stereocenters. The highest BCUT2D eigenvalue weighted by Crippen LogP contribution is 2.34. The second-order valence-corrected chi connectivity index (χ2v) is 4.19. The summed E-state index contributed by atoms with van der Waals surface area (Å²) in [5, 5.41) is 6.51. The molecule has 0 spiro atoms. The molecule has 0 fully saturated rings. The maximum absolute atomic E-state index is 12.2. The molecule has 0 saturated heterocycles. The van der Waals surface area contributed by atoms with Gasteiger partial charge in [-0.25, -0.2) is 0 Å². The van der Waals surface area contributed by atoms with E-state index >= 15 is 0 Å². The smallest absolute Gasteiger partial charge is 0.402 e. The van der Waals surface area contributed by atoms with Crippen molar-refractivity contribution in [1.82, 2.24) is 10.2 Å². The van der Waals surface area contributed by atoms with Crippen LogP contribution in [0.4, 0.5) is 13.2 Å². The van der Waals surface area contributed by atoms with E-state index in [0.29, 0.717) is 15.6 Å². The van der Waals surface area contributed by atoms with E-state index in [1.165, 1.54) is 18.2 Å². The van der Waals surface area contributed by atoms with Crippen molar-refractivity contribution < 1.29 is 17.9 Å². The van der Waals surface area contributed by atoms with Gasteiger partial charge in [0.15, 0.2) is 5.75 Å². The van der Waals surface area contributed by atoms with E-state index in [1.54, 1.807) is 0 Å². The molecule has 18 heavy (non-hydrogen) atoms. The van der Waals surface area contributed by atoms with Crippen LogP contribution in [0.1, 0.15) is 0 Å². The summed E-state index contributed by atoms with van der Waals surface area (Å²) in [4.78, 5) is 0. The molecule has 0 aliphatic rings. The van der Waals surface area contributed by atoms with Gasteiger partial charge in [-0.1, -0.05) is 23.2 Å². The van der Waals surface area contributed by atoms with E-state index in [-0.39, 0.29) is 5.69 Å². The van der Waals surface area contributed by atoms with E-state index in [1.807, 2.05) is 0 Å². The van der Waals surface area contributed by atoms with Crippen molar-refractivity contribution in [3.8, 4) is 17.0 Å². The predicted octanol–water partition coefficient (Wildman–Crippen LogP) is 4.28. The van der Waals surface area contributed by atoms with Crippen LogP contribution in [0, 0.1) is 0 Å². The number of ether oxygens (including phenoxy) is 1. The normalized spacial score (nSPS) is 11.6. The van der Waals surface area contributed by atoms with Crippen LogP contribution in [0.2, 0.25) is 10.0 Å². The predicted molar refractivity (Wildman–Crippen MR) is 60.7 cm³/mol. The number of nitrogens with one attached hydrogen (secondary N) is 1. The summed E-state index contributed by atoms with van der Waals surface area (Å²) >= 11 is 11.5. The fraction of sp³-hybridized carbons (Fsp3) is 0.100. The van der Waals surface area contributed by atoms with Crippen molar-refractivity contribution >= 4 is 23.2 Å². The number of aromatic nitrogens is 2. The van der Waals surface area contributed by atoms with Crippen LogP contribution in [0.5, 0.6) is 5.75 Å². The van der Waals surface area contributed by atoms with Gasteiger partial charge in [0.1, 0.15) is 5.69 Å². The van der Waals surface area contributed by atoms with Crippen LogP contribution >= 0.6 is 23.2 Å². The van der Waals surface area contributed by atoms with Crippen molar-refractivity contribution in [2.75, 3.05) is 0 Å². The van der Waals surface area contributed by atoms with Crippen molar-refractivity contribution in [1.29, 1.82) is 0 Å². The second-order valence-electron chi connectivity index (χ2n) is 3.32. The van der Waals surface area contributed by atoms with E-state index < -0.39 is 12.1 Å². The average molecular weight is 297 g/mol. The Bertz CT molecular complexity index is 548. The fourth-order valence-corrected chi connectivity index (χ4v) is 1.91. The number of aromatic amines is 1. The van der Waals surface area contributed by atoms with Gasteiger partial charge in [-0.05, 0) is 18.2 Å². The number of hydrogen-bond acceptors (Lipinski definition) is 2. The molecule has 8 heteroatoms. The van der Waals surface area contributed by atoms with Gasteiger partial charge in [-0.3, -0.25) is 5.10 Å². The number of benzene rings is 1. The van der Waals surface area contributed by atoms with Gasteiger partial charge in [0, 0.05) is 15.6 Å². The number of nitrogens with zero attached hydrogens (tertiary/aromatic N) is 1. The second kappa shape index (κ2) is 4.70. The van der Waals surface area contributed by atoms with Crippen LogP contribution in [0.25, 0.3) is 11.3 Å². The highest BCUT2D eigenvalue weighted by molar-refractivity contribution is 6.35. The van der Waals surface area contributed by atoms with Gasteiger partial charge < -0.3 is 4.74 Å². The maximum atomic E-state index is 12.2. The minimum atomic E-state index is -4.79. The Kier molecular flexibility index (Phi) is 3.41. The van der Waals surface area contributed by atoms with Gasteiger partial charge in [0.25, 0.3) is 0 Å². The van der Waals surface area contributed by atoms with Crippen molar-refractivity contribution in [2.45, 2.75) is 6.36 Å². The van der Waals surface area contributed by atoms with Crippen LogP contribution in [-0.4, -0.2) is 16.6 Å². The monoisotopic (exact) mass is 296 g/mol. The molecule has 1 aromatic heterocycles. The largest absolute Gasteiger partial charge is 0.573 e. The van der Waals surface area contributed by atoms with Crippen LogP contribution in [0.3, 0.4) is 0 Å². The Morgan fingerprint density at radius 2 is 1.72 bits per heavy atom. The van der Waals surface area contributed by atoms with E-state index in [9.17, 15) is 13.2 Å². The summed E-state index contributed by atoms with van der Waals surface area (Å²) in [6, 6.07) is 4.36. The molecule has 0 amide bonds. The molecular weight excluding hydrogens is 292 g/mol. The molecular formula is C10H5Cl2F3N2O. The lowest BCUT2D eigenvalue weighted by Gasteiger charge is -2.09. The van der Waals surface area contributed by atoms with Crippen molar-refractivity contribution in [3.63, 3.8) is 0 Å². The molecule has 96 valence electrons. The van der Waals surface area contributed by atoms with Crippen molar-refractivity contribution in [3.05, 3.63) is 34.4 Å². The molecule has 0 bridgehead atoms. The van der Waals surface area contributed by atoms with Gasteiger partial charge in [0.05, 0.1) is 6.20 Å². The molecule has 0 radical (unpaired) electrons. The van der Waals surface area contributed by atoms with Gasteiger partial charge in [-0.15, -0.1) is 13.2 Å². The van der Waals surface area contributed by atoms with Crippen LogP contribution in [-0.2, 0) is 0 Å². The molecule has 0 atom stereocenters. The topological polar surface area (TPSA) is 37.9 Å². The SMILES string of the molecule is FC(F)(F)Oc1cn[nH]c1-c1cc(Cl)cc(Cl)c1. The lowest BCUT2D eigenvalue weighted by Crippen LogP contribution is -2.17. The van der Waals surface area contributed by atoms with Crippen molar-refractivity contribution in [2.24, 2.45) is 0 Å². The highest BCUT2D eigenvalue weighted by atomic mass is 35.5. The molecule has 0 aliphatic heterocycles. The molecule has 0 saturated carbocycles. The Labute approximate surface area is 109 Å². The Morgan fingerprint density at radius 1 is 1.11 bits per heavy atom. The van der Waals surface area contributed by atoms with E-state index in [0.717, 1.165) is 6.20 Å². The average Bonchev–Trinajstić information content (AvgIpc) is 2.61. The lowest BCUT2D eigenvalue weighted by molar-refractivity contribution is -0.274. The molecule has 3 nitrogen and oxygen atoms in total. The molecule has 1 heterocycles. The zero-order valence-electron chi connectivity index (χ0n) is 8.55. The highest BCUT2D eigenvalue weighted by Gasteiger charge is 2.33. The van der Waals surface area contributed by atoms with Crippen LogP contribution in [0.15, 0.2) is 24.4 Å². The number of rotatable bonds is 2. The van der Waals surface area contributed by atoms with E-state index in [2.05, 4.69) is 14.9 Å². The minimum absolute atomic E-state index is 0.0525. The standard InChI is InChI=1S/C10H5Cl2F3N2O/c11-6-1-5(2-7(12)3-6)9-8(4-16-17-9)18-10(13,14)15/h1-4H,(H,16,17). The minimum Gasteiger partial charge on any atom is -0.402 e. The summed E-state index contributed by atoms with van der Waals surface area (Å²) in [5.74, 6) is -0.444. The third-order valence-electron chi connectivity index (χ3n) is 1.98. The number of H-pyrrole nitrogens is 1. The molecule has 1 aromatic carbocycles. The number of alkyl halides is 3. The quantitative estimate of drug-likeness (QED) is 0.898. The first-order valence-corrected chi connectivity index (χ1v) is 5.36. The maximum Gasteiger partial charge on any atom is 0.573 e. The van der Waals surface area contributed by atoms with E-state index in [4.69, 9.17) is 23.2 Å². The van der Waals surface area contributed by atoms with Crippen LogP contribution < -0.4 is 4.74 Å². The first-order valence-electron chi connectivity index (χ1n) is 4.61. The Balaban J connectivity index is 2.42. The summed E-state index contributed by atoms with van der Waals surface area (Å²) < 4.78 is 40.3. The van der Waals surface area contributed by atoms with Gasteiger partial charge in [0.2, 0.25) is 0 Å². The third kappa shape index (κ3) is 3.08. The molecule has 0 aliphatic carbocycles.